The first-order chi connectivity index (χ1) is 22.8. The maximum absolute atomic E-state index is 4.93. The lowest BCUT2D eigenvalue weighted by atomic mass is 10.0. The molecule has 1 aliphatic rings. The van der Waals surface area contributed by atoms with Crippen LogP contribution in [0.2, 0.25) is 0 Å². The molecule has 1 aliphatic carbocycles. The number of hydrogen-bond donors (Lipinski definition) is 0. The van der Waals surface area contributed by atoms with Gasteiger partial charge in [0, 0.05) is 39.6 Å². The summed E-state index contributed by atoms with van der Waals surface area (Å²) in [6, 6.07) is 51.0. The molecular weight excluding hydrogens is 560 g/mol. The molecular formula is C42H32N4. The van der Waals surface area contributed by atoms with Gasteiger partial charge in [0.1, 0.15) is 0 Å². The van der Waals surface area contributed by atoms with Crippen LogP contribution in [0.5, 0.6) is 0 Å². The fourth-order valence-electron chi connectivity index (χ4n) is 6.65. The molecule has 4 heteroatoms. The lowest BCUT2D eigenvalue weighted by Crippen LogP contribution is -2.01. The van der Waals surface area contributed by atoms with Crippen molar-refractivity contribution in [3.63, 3.8) is 0 Å². The van der Waals surface area contributed by atoms with Crippen LogP contribution in [0.25, 0.3) is 72.8 Å². The highest BCUT2D eigenvalue weighted by atomic mass is 15.0. The summed E-state index contributed by atoms with van der Waals surface area (Å²) in [7, 11) is 0. The maximum atomic E-state index is 4.93. The van der Waals surface area contributed by atoms with Crippen molar-refractivity contribution in [2.45, 2.75) is 20.3 Å². The number of hydrogen-bond acceptors (Lipinski definition) is 3. The predicted molar refractivity (Wildman–Crippen MR) is 190 cm³/mol. The highest BCUT2D eigenvalue weighted by Crippen LogP contribution is 2.44. The molecule has 0 radical (unpaired) electrons. The largest absolute Gasteiger partial charge is 0.309 e. The highest BCUT2D eigenvalue weighted by molar-refractivity contribution is 6.12. The van der Waals surface area contributed by atoms with Crippen LogP contribution in [0.3, 0.4) is 0 Å². The van der Waals surface area contributed by atoms with Gasteiger partial charge in [0.05, 0.1) is 11.0 Å². The molecule has 4 nitrogen and oxygen atoms in total. The number of rotatable bonds is 4. The molecule has 0 saturated heterocycles. The van der Waals surface area contributed by atoms with Crippen molar-refractivity contribution < 1.29 is 0 Å². The molecule has 0 fully saturated rings. The van der Waals surface area contributed by atoms with Crippen molar-refractivity contribution in [2.75, 3.05) is 0 Å². The maximum Gasteiger partial charge on any atom is 0.164 e. The Labute approximate surface area is 268 Å². The number of fused-ring (bicyclic) bond motifs is 7. The van der Waals surface area contributed by atoms with Crippen molar-refractivity contribution in [1.82, 2.24) is 19.5 Å². The van der Waals surface area contributed by atoms with E-state index in [1.54, 1.807) is 0 Å². The van der Waals surface area contributed by atoms with Crippen LogP contribution in [-0.2, 0) is 6.42 Å². The summed E-state index contributed by atoms with van der Waals surface area (Å²) in [5.74, 6) is 1.98. The van der Waals surface area contributed by atoms with Gasteiger partial charge in [-0.3, -0.25) is 0 Å². The molecule has 9 rings (SSSR count). The lowest BCUT2D eigenvalue weighted by Gasteiger charge is -2.12. The van der Waals surface area contributed by atoms with E-state index in [9.17, 15) is 0 Å². The molecule has 2 heterocycles. The van der Waals surface area contributed by atoms with E-state index in [2.05, 4.69) is 89.5 Å². The van der Waals surface area contributed by atoms with E-state index in [4.69, 9.17) is 15.0 Å². The Kier molecular flexibility index (Phi) is 6.96. The monoisotopic (exact) mass is 592 g/mol. The zero-order valence-electron chi connectivity index (χ0n) is 25.9. The summed E-state index contributed by atoms with van der Waals surface area (Å²) in [5.41, 5.74) is 11.9. The van der Waals surface area contributed by atoms with Crippen LogP contribution >= 0.6 is 0 Å². The molecule has 0 N–H and O–H groups in total. The Morgan fingerprint density at radius 3 is 1.65 bits per heavy atom. The minimum atomic E-state index is 0.655. The summed E-state index contributed by atoms with van der Waals surface area (Å²) < 4.78 is 2.43. The van der Waals surface area contributed by atoms with Gasteiger partial charge in [0.15, 0.2) is 17.5 Å². The topological polar surface area (TPSA) is 43.6 Å². The minimum Gasteiger partial charge on any atom is -0.309 e. The Balaban J connectivity index is 0.00000153. The van der Waals surface area contributed by atoms with Crippen LogP contribution in [0, 0.1) is 0 Å². The molecule has 0 saturated carbocycles. The van der Waals surface area contributed by atoms with E-state index >= 15 is 0 Å². The molecule has 220 valence electrons. The van der Waals surface area contributed by atoms with E-state index < -0.39 is 0 Å². The molecule has 0 atom stereocenters. The van der Waals surface area contributed by atoms with Gasteiger partial charge in [0.2, 0.25) is 0 Å². The molecule has 0 aliphatic heterocycles. The lowest BCUT2D eigenvalue weighted by molar-refractivity contribution is 1.07. The number of para-hydroxylation sites is 1. The zero-order valence-corrected chi connectivity index (χ0v) is 25.9. The quantitative estimate of drug-likeness (QED) is 0.204. The van der Waals surface area contributed by atoms with Crippen molar-refractivity contribution in [3.8, 4) is 51.0 Å². The smallest absolute Gasteiger partial charge is 0.164 e. The second-order valence-electron chi connectivity index (χ2n) is 11.3. The molecule has 0 unspecified atom stereocenters. The van der Waals surface area contributed by atoms with E-state index in [1.807, 2.05) is 74.5 Å². The second kappa shape index (κ2) is 11.6. The van der Waals surface area contributed by atoms with Gasteiger partial charge in [-0.25, -0.2) is 15.0 Å². The highest BCUT2D eigenvalue weighted by Gasteiger charge is 2.24. The summed E-state index contributed by atoms with van der Waals surface area (Å²) >= 11 is 0. The van der Waals surface area contributed by atoms with Crippen molar-refractivity contribution in [1.29, 1.82) is 0 Å². The average Bonchev–Trinajstić information content (AvgIpc) is 3.69. The fraction of sp³-hybridized carbons (Fsp3) is 0.0714. The first-order valence-electron chi connectivity index (χ1n) is 15.9. The molecule has 8 aromatic rings. The summed E-state index contributed by atoms with van der Waals surface area (Å²) in [6.07, 6.45) is 0.937. The van der Waals surface area contributed by atoms with E-state index in [0.29, 0.717) is 17.5 Å². The Hall–Kier alpha value is -5.87. The fourth-order valence-corrected chi connectivity index (χ4v) is 6.65. The molecule has 6 aromatic carbocycles. The molecule has 0 amide bonds. The normalized spacial score (nSPS) is 11.6. The summed E-state index contributed by atoms with van der Waals surface area (Å²) in [5, 5.41) is 2.55. The van der Waals surface area contributed by atoms with Gasteiger partial charge in [-0.1, -0.05) is 129 Å². The van der Waals surface area contributed by atoms with Gasteiger partial charge in [-0.05, 0) is 52.6 Å². The average molecular weight is 593 g/mol. The van der Waals surface area contributed by atoms with Crippen molar-refractivity contribution in [3.05, 3.63) is 157 Å². The number of nitrogens with zero attached hydrogens (tertiary/aromatic N) is 4. The van der Waals surface area contributed by atoms with Gasteiger partial charge >= 0.3 is 0 Å². The van der Waals surface area contributed by atoms with E-state index in [-0.39, 0.29) is 0 Å². The third kappa shape index (κ3) is 4.58. The van der Waals surface area contributed by atoms with Crippen LogP contribution in [-0.4, -0.2) is 19.5 Å². The Morgan fingerprint density at radius 2 is 1.00 bits per heavy atom. The summed E-state index contributed by atoms with van der Waals surface area (Å²) in [6.45, 7) is 4.00. The van der Waals surface area contributed by atoms with Gasteiger partial charge in [-0.15, -0.1) is 0 Å². The minimum absolute atomic E-state index is 0.655. The van der Waals surface area contributed by atoms with Gasteiger partial charge < -0.3 is 4.57 Å². The van der Waals surface area contributed by atoms with Gasteiger partial charge in [-0.2, -0.15) is 0 Å². The van der Waals surface area contributed by atoms with Crippen LogP contribution in [0.4, 0.5) is 0 Å². The molecule has 0 bridgehead atoms. The first kappa shape index (κ1) is 27.7. The van der Waals surface area contributed by atoms with Crippen LogP contribution in [0.1, 0.15) is 25.0 Å². The Bertz CT molecular complexity index is 2280. The van der Waals surface area contributed by atoms with E-state index in [1.165, 1.54) is 44.1 Å². The Morgan fingerprint density at radius 1 is 0.457 bits per heavy atom. The molecule has 2 aromatic heterocycles. The number of benzene rings is 6. The zero-order chi connectivity index (χ0) is 31.0. The third-order valence-corrected chi connectivity index (χ3v) is 8.70. The van der Waals surface area contributed by atoms with Crippen LogP contribution in [0.15, 0.2) is 146 Å². The standard InChI is InChI=1S/C40H26N4.C2H6/c1-3-11-26(12-4-1)38-41-39(27-13-5-2-6-14-27)43-40(42-38)28-19-21-30(22-20-28)44-36-18-10-9-17-33(36)34-24-23-32-31-16-8-7-15-29(31)25-35(32)37(34)44;1-2/h1-24H,25H2;1-2H3. The summed E-state index contributed by atoms with van der Waals surface area (Å²) in [4.78, 5) is 14.7. The van der Waals surface area contributed by atoms with Crippen molar-refractivity contribution >= 4 is 21.8 Å². The SMILES string of the molecule is CC.c1ccc(-c2nc(-c3ccccc3)nc(-c3ccc(-n4c5ccccc5c5ccc6c(c54)Cc4ccccc4-6)cc3)n2)cc1. The van der Waals surface area contributed by atoms with Crippen LogP contribution < -0.4 is 0 Å². The molecule has 46 heavy (non-hydrogen) atoms. The third-order valence-electron chi connectivity index (χ3n) is 8.70. The van der Waals surface area contributed by atoms with E-state index in [0.717, 1.165) is 28.8 Å². The van der Waals surface area contributed by atoms with Gasteiger partial charge in [0.25, 0.3) is 0 Å². The predicted octanol–water partition coefficient (Wildman–Crippen LogP) is 10.6. The van der Waals surface area contributed by atoms with Crippen molar-refractivity contribution in [2.24, 2.45) is 0 Å². The second-order valence-corrected chi connectivity index (χ2v) is 11.3. The number of aromatic nitrogens is 4. The first-order valence-corrected chi connectivity index (χ1v) is 15.9. The molecule has 0 spiro atoms.